The van der Waals surface area contributed by atoms with E-state index in [1.54, 1.807) is 62.4 Å². The fourth-order valence-electron chi connectivity index (χ4n) is 5.00. The van der Waals surface area contributed by atoms with E-state index in [9.17, 15) is 18.0 Å². The van der Waals surface area contributed by atoms with Gasteiger partial charge in [-0.3, -0.25) is 13.9 Å². The maximum atomic E-state index is 14.1. The van der Waals surface area contributed by atoms with Gasteiger partial charge in [-0.15, -0.1) is 0 Å². The Morgan fingerprint density at radius 1 is 0.976 bits per heavy atom. The van der Waals surface area contributed by atoms with Crippen LogP contribution >= 0.6 is 23.2 Å². The molecule has 0 aliphatic heterocycles. The Balaban J connectivity index is 1.71. The summed E-state index contributed by atoms with van der Waals surface area (Å²) in [6, 6.07) is 17.6. The lowest BCUT2D eigenvalue weighted by atomic mass is 10.1. The topological polar surface area (TPSA) is 86.8 Å². The average Bonchev–Trinajstić information content (AvgIpc) is 3.44. The molecule has 0 saturated heterocycles. The van der Waals surface area contributed by atoms with Gasteiger partial charge < -0.3 is 10.2 Å². The van der Waals surface area contributed by atoms with Gasteiger partial charge in [0.05, 0.1) is 10.6 Å². The third-order valence-electron chi connectivity index (χ3n) is 7.50. The molecule has 4 rings (SSSR count). The number of hydrogen-bond donors (Lipinski definition) is 1. The molecule has 0 radical (unpaired) electrons. The van der Waals surface area contributed by atoms with E-state index < -0.39 is 28.5 Å². The first-order valence-corrected chi connectivity index (χ1v) is 15.9. The van der Waals surface area contributed by atoms with Crippen molar-refractivity contribution in [3.05, 3.63) is 93.5 Å². The molecule has 0 heterocycles. The minimum atomic E-state index is -4.13. The lowest BCUT2D eigenvalue weighted by molar-refractivity contribution is -0.139. The number of nitrogens with zero attached hydrogens (tertiary/aromatic N) is 2. The first-order chi connectivity index (χ1) is 19.5. The summed E-state index contributed by atoms with van der Waals surface area (Å²) in [6.07, 6.45) is 3.88. The standard InChI is InChI=1S/C31H35Cl2N3O4S/c1-21-12-16-27(17-13-21)41(39,40)36(29-11-7-4-8-22(29)2)20-30(37)35(19-24-14-15-25(32)18-28(24)33)23(3)31(38)34-26-9-5-6-10-26/h4,7-8,11-18,23,26H,5-6,9-10,19-20H2,1-3H3,(H,34,38). The molecule has 218 valence electrons. The van der Waals surface area contributed by atoms with E-state index in [4.69, 9.17) is 23.2 Å². The zero-order valence-corrected chi connectivity index (χ0v) is 25.8. The second-order valence-electron chi connectivity index (χ2n) is 10.5. The number of sulfonamides is 1. The molecule has 2 amide bonds. The molecule has 0 bridgehead atoms. The Kier molecular flexibility index (Phi) is 10.00. The van der Waals surface area contributed by atoms with Crippen molar-refractivity contribution in [3.8, 4) is 0 Å². The highest BCUT2D eigenvalue weighted by Gasteiger charge is 2.34. The molecule has 1 atom stereocenters. The van der Waals surface area contributed by atoms with Crippen molar-refractivity contribution in [2.45, 2.75) is 70.0 Å². The van der Waals surface area contributed by atoms with Gasteiger partial charge in [-0.25, -0.2) is 8.42 Å². The van der Waals surface area contributed by atoms with Crippen LogP contribution in [-0.2, 0) is 26.2 Å². The van der Waals surface area contributed by atoms with Crippen molar-refractivity contribution < 1.29 is 18.0 Å². The highest BCUT2D eigenvalue weighted by molar-refractivity contribution is 7.92. The van der Waals surface area contributed by atoms with Gasteiger partial charge in [-0.1, -0.05) is 78.0 Å². The zero-order valence-electron chi connectivity index (χ0n) is 23.4. The van der Waals surface area contributed by atoms with Crippen molar-refractivity contribution in [1.82, 2.24) is 10.2 Å². The Bertz CT molecular complexity index is 1510. The van der Waals surface area contributed by atoms with Gasteiger partial charge in [0.2, 0.25) is 11.8 Å². The number of benzene rings is 3. The minimum Gasteiger partial charge on any atom is -0.352 e. The Labute approximate surface area is 252 Å². The molecule has 0 spiro atoms. The molecular weight excluding hydrogens is 581 g/mol. The van der Waals surface area contributed by atoms with Crippen LogP contribution in [0, 0.1) is 13.8 Å². The number of rotatable bonds is 10. The fraction of sp³-hybridized carbons (Fsp3) is 0.355. The predicted octanol–water partition coefficient (Wildman–Crippen LogP) is 6.28. The molecule has 3 aromatic carbocycles. The van der Waals surface area contributed by atoms with Crippen LogP contribution in [0.2, 0.25) is 10.0 Å². The van der Waals surface area contributed by atoms with Crippen LogP contribution in [0.5, 0.6) is 0 Å². The minimum absolute atomic E-state index is 0.000278. The number of aryl methyl sites for hydroxylation is 2. The van der Waals surface area contributed by atoms with Crippen LogP contribution in [0.25, 0.3) is 0 Å². The monoisotopic (exact) mass is 615 g/mol. The van der Waals surface area contributed by atoms with Crippen molar-refractivity contribution in [2.75, 3.05) is 10.8 Å². The SMILES string of the molecule is Cc1ccc(S(=O)(=O)N(CC(=O)N(Cc2ccc(Cl)cc2Cl)C(C)C(=O)NC2CCCC2)c2ccccc2C)cc1. The predicted molar refractivity (Wildman–Crippen MR) is 164 cm³/mol. The largest absolute Gasteiger partial charge is 0.352 e. The van der Waals surface area contributed by atoms with Gasteiger partial charge in [0.1, 0.15) is 12.6 Å². The number of carbonyl (C=O) groups is 2. The maximum Gasteiger partial charge on any atom is 0.264 e. The molecule has 3 aromatic rings. The van der Waals surface area contributed by atoms with Gasteiger partial charge in [0, 0.05) is 22.6 Å². The molecule has 1 aliphatic carbocycles. The summed E-state index contributed by atoms with van der Waals surface area (Å²) < 4.78 is 29.1. The molecule has 1 N–H and O–H groups in total. The molecule has 1 saturated carbocycles. The van der Waals surface area contributed by atoms with E-state index in [-0.39, 0.29) is 23.4 Å². The summed E-state index contributed by atoms with van der Waals surface area (Å²) in [5, 5.41) is 3.85. The van der Waals surface area contributed by atoms with Crippen LogP contribution in [-0.4, -0.2) is 43.8 Å². The number of amides is 2. The fourth-order valence-corrected chi connectivity index (χ4v) is 6.95. The number of para-hydroxylation sites is 1. The quantitative estimate of drug-likeness (QED) is 0.291. The highest BCUT2D eigenvalue weighted by atomic mass is 35.5. The molecule has 7 nitrogen and oxygen atoms in total. The zero-order chi connectivity index (χ0) is 29.7. The van der Waals surface area contributed by atoms with E-state index in [2.05, 4.69) is 5.32 Å². The van der Waals surface area contributed by atoms with Crippen molar-refractivity contribution >= 4 is 50.7 Å². The van der Waals surface area contributed by atoms with E-state index in [1.807, 2.05) is 13.0 Å². The molecule has 10 heteroatoms. The van der Waals surface area contributed by atoms with Crippen LogP contribution in [0.3, 0.4) is 0 Å². The van der Waals surface area contributed by atoms with E-state index >= 15 is 0 Å². The van der Waals surface area contributed by atoms with Gasteiger partial charge in [0.15, 0.2) is 0 Å². The summed E-state index contributed by atoms with van der Waals surface area (Å²) in [5.74, 6) is -0.830. The van der Waals surface area contributed by atoms with Gasteiger partial charge in [0.25, 0.3) is 10.0 Å². The smallest absolute Gasteiger partial charge is 0.264 e. The lowest BCUT2D eigenvalue weighted by Gasteiger charge is -2.33. The van der Waals surface area contributed by atoms with E-state index in [0.29, 0.717) is 26.9 Å². The van der Waals surface area contributed by atoms with Gasteiger partial charge in [-0.05, 0) is 75.1 Å². The third kappa shape index (κ3) is 7.42. The molecule has 1 aliphatic rings. The van der Waals surface area contributed by atoms with Crippen LogP contribution in [0.1, 0.15) is 49.3 Å². The van der Waals surface area contributed by atoms with Gasteiger partial charge in [-0.2, -0.15) is 0 Å². The van der Waals surface area contributed by atoms with Crippen LogP contribution in [0.4, 0.5) is 5.69 Å². The first-order valence-electron chi connectivity index (χ1n) is 13.7. The Hall–Kier alpha value is -3.07. The summed E-state index contributed by atoms with van der Waals surface area (Å²) in [7, 11) is -4.13. The second-order valence-corrected chi connectivity index (χ2v) is 13.2. The Morgan fingerprint density at radius 2 is 1.63 bits per heavy atom. The number of nitrogens with one attached hydrogen (secondary N) is 1. The van der Waals surface area contributed by atoms with Crippen LogP contribution in [0.15, 0.2) is 71.6 Å². The summed E-state index contributed by atoms with van der Waals surface area (Å²) in [5.41, 5.74) is 2.58. The second kappa shape index (κ2) is 13.3. The van der Waals surface area contributed by atoms with E-state index in [0.717, 1.165) is 35.6 Å². The number of carbonyl (C=O) groups excluding carboxylic acids is 2. The highest BCUT2D eigenvalue weighted by Crippen LogP contribution is 2.29. The molecule has 1 unspecified atom stereocenters. The van der Waals surface area contributed by atoms with Gasteiger partial charge >= 0.3 is 0 Å². The van der Waals surface area contributed by atoms with Crippen molar-refractivity contribution in [2.24, 2.45) is 0 Å². The normalized spacial score (nSPS) is 14.5. The average molecular weight is 617 g/mol. The number of halogens is 2. The molecular formula is C31H35Cl2N3O4S. The number of anilines is 1. The summed E-state index contributed by atoms with van der Waals surface area (Å²) in [6.45, 7) is 4.81. The maximum absolute atomic E-state index is 14.1. The summed E-state index contributed by atoms with van der Waals surface area (Å²) >= 11 is 12.5. The van der Waals surface area contributed by atoms with E-state index in [1.165, 1.54) is 17.0 Å². The molecule has 1 fully saturated rings. The number of hydrogen-bond acceptors (Lipinski definition) is 4. The molecule has 0 aromatic heterocycles. The lowest BCUT2D eigenvalue weighted by Crippen LogP contribution is -2.52. The van der Waals surface area contributed by atoms with Crippen molar-refractivity contribution in [1.29, 1.82) is 0 Å². The van der Waals surface area contributed by atoms with Crippen molar-refractivity contribution in [3.63, 3.8) is 0 Å². The Morgan fingerprint density at radius 3 is 2.27 bits per heavy atom. The third-order valence-corrected chi connectivity index (χ3v) is 9.86. The summed E-state index contributed by atoms with van der Waals surface area (Å²) in [4.78, 5) is 28.9. The first kappa shape index (κ1) is 30.9. The van der Waals surface area contributed by atoms with Crippen LogP contribution < -0.4 is 9.62 Å². The molecule has 41 heavy (non-hydrogen) atoms.